The molecule has 0 aromatic carbocycles. The average Bonchev–Trinajstić information content (AvgIpc) is 2.11. The maximum absolute atomic E-state index is 8.52. The summed E-state index contributed by atoms with van der Waals surface area (Å²) < 4.78 is -0.108. The van der Waals surface area contributed by atoms with Crippen LogP contribution in [0.2, 0.25) is 0 Å². The number of nitrogens with zero attached hydrogens (tertiary/aromatic N) is 1. The minimum Gasteiger partial charge on any atom is -0.198 e. The van der Waals surface area contributed by atoms with Gasteiger partial charge in [0.15, 0.2) is 0 Å². The van der Waals surface area contributed by atoms with Crippen LogP contribution in [0.15, 0.2) is 36.0 Å². The molecule has 1 nitrogen and oxygen atoms in total. The molecule has 0 aliphatic heterocycles. The summed E-state index contributed by atoms with van der Waals surface area (Å²) >= 11 is 3.54. The molecule has 1 atom stereocenters. The van der Waals surface area contributed by atoms with Gasteiger partial charge in [0.25, 0.3) is 0 Å². The van der Waals surface area contributed by atoms with Crippen molar-refractivity contribution in [1.29, 1.82) is 5.26 Å². The molecule has 0 heterocycles. The van der Waals surface area contributed by atoms with E-state index in [9.17, 15) is 0 Å². The van der Waals surface area contributed by atoms with Gasteiger partial charge < -0.3 is 0 Å². The zero-order valence-corrected chi connectivity index (χ0v) is 8.51. The van der Waals surface area contributed by atoms with E-state index in [1.54, 1.807) is 0 Å². The topological polar surface area (TPSA) is 23.8 Å². The smallest absolute Gasteiger partial charge is 0.0669 e. The highest BCUT2D eigenvalue weighted by molar-refractivity contribution is 9.10. The summed E-state index contributed by atoms with van der Waals surface area (Å²) in [4.78, 5) is 0. The highest BCUT2D eigenvalue weighted by atomic mass is 79.9. The van der Waals surface area contributed by atoms with Crippen LogP contribution in [0.25, 0.3) is 0 Å². The Hall–Kier alpha value is -0.810. The van der Waals surface area contributed by atoms with Crippen LogP contribution in [0.5, 0.6) is 0 Å². The first kappa shape index (κ1) is 9.28. The Morgan fingerprint density at radius 1 is 1.58 bits per heavy atom. The summed E-state index contributed by atoms with van der Waals surface area (Å²) in [5, 5.41) is 8.52. The lowest BCUT2D eigenvalue weighted by Gasteiger charge is -2.11. The number of hydrogen-bond donors (Lipinski definition) is 0. The fourth-order valence-corrected chi connectivity index (χ4v) is 1.53. The van der Waals surface area contributed by atoms with Gasteiger partial charge >= 0.3 is 0 Å². The molecule has 0 saturated heterocycles. The molecular weight excluding hydrogens is 214 g/mol. The number of rotatable bonds is 1. The van der Waals surface area contributed by atoms with E-state index in [2.05, 4.69) is 28.1 Å². The molecule has 0 fully saturated rings. The quantitative estimate of drug-likeness (QED) is 0.628. The Bertz CT molecular complexity index is 289. The van der Waals surface area contributed by atoms with E-state index in [4.69, 9.17) is 5.26 Å². The van der Waals surface area contributed by atoms with Gasteiger partial charge in [-0.1, -0.05) is 46.3 Å². The second-order valence-corrected chi connectivity index (χ2v) is 4.63. The average molecular weight is 224 g/mol. The lowest BCUT2D eigenvalue weighted by molar-refractivity contribution is 1.02. The number of hydrogen-bond acceptors (Lipinski definition) is 1. The second-order valence-electron chi connectivity index (χ2n) is 2.92. The third-order valence-electron chi connectivity index (χ3n) is 1.59. The van der Waals surface area contributed by atoms with Gasteiger partial charge in [0, 0.05) is 0 Å². The molecular formula is C10H10BrN. The van der Waals surface area contributed by atoms with E-state index in [0.717, 1.165) is 5.57 Å². The minimum atomic E-state index is -0.108. The minimum absolute atomic E-state index is 0.108. The van der Waals surface area contributed by atoms with Gasteiger partial charge in [-0.25, -0.2) is 0 Å². The van der Waals surface area contributed by atoms with Crippen molar-refractivity contribution in [1.82, 2.24) is 0 Å². The maximum Gasteiger partial charge on any atom is 0.0669 e. The highest BCUT2D eigenvalue weighted by Gasteiger charge is 2.13. The monoisotopic (exact) mass is 223 g/mol. The van der Waals surface area contributed by atoms with E-state index >= 15 is 0 Å². The largest absolute Gasteiger partial charge is 0.198 e. The van der Waals surface area contributed by atoms with Gasteiger partial charge in [0.2, 0.25) is 0 Å². The number of alkyl halides is 1. The number of halogens is 1. The molecule has 0 aromatic heterocycles. The first-order valence-electron chi connectivity index (χ1n) is 3.77. The molecule has 0 N–H and O–H groups in total. The fraction of sp³-hybridized carbons (Fsp3) is 0.300. The zero-order valence-electron chi connectivity index (χ0n) is 6.92. The molecule has 1 aliphatic carbocycles. The van der Waals surface area contributed by atoms with E-state index in [1.807, 2.05) is 31.2 Å². The number of nitriles is 1. The number of allylic oxidation sites excluding steroid dienone is 6. The summed E-state index contributed by atoms with van der Waals surface area (Å²) in [5.74, 6) is 0. The summed E-state index contributed by atoms with van der Waals surface area (Å²) in [6.07, 6.45) is 10.5. The van der Waals surface area contributed by atoms with Crippen LogP contribution in [0.4, 0.5) is 0 Å². The van der Waals surface area contributed by atoms with E-state index in [1.165, 1.54) is 0 Å². The van der Waals surface area contributed by atoms with E-state index in [-0.39, 0.29) is 4.32 Å². The molecule has 0 saturated carbocycles. The van der Waals surface area contributed by atoms with Gasteiger partial charge in [-0.05, 0) is 12.5 Å². The van der Waals surface area contributed by atoms with Crippen molar-refractivity contribution in [3.05, 3.63) is 36.0 Å². The zero-order chi connectivity index (χ0) is 9.03. The van der Waals surface area contributed by atoms with Crippen LogP contribution < -0.4 is 0 Å². The van der Waals surface area contributed by atoms with Crippen LogP contribution in [0.3, 0.4) is 0 Å². The molecule has 62 valence electrons. The van der Waals surface area contributed by atoms with Crippen molar-refractivity contribution < 1.29 is 0 Å². The molecule has 1 unspecified atom stereocenters. The molecule has 0 amide bonds. The van der Waals surface area contributed by atoms with Crippen molar-refractivity contribution in [3.8, 4) is 6.07 Å². The van der Waals surface area contributed by atoms with Crippen molar-refractivity contribution in [2.75, 3.05) is 0 Å². The Morgan fingerprint density at radius 2 is 2.33 bits per heavy atom. The molecule has 12 heavy (non-hydrogen) atoms. The van der Waals surface area contributed by atoms with Gasteiger partial charge in [-0.3, -0.25) is 0 Å². The third kappa shape index (κ3) is 2.67. The van der Waals surface area contributed by atoms with Gasteiger partial charge in [0.1, 0.15) is 0 Å². The second kappa shape index (κ2) is 3.73. The molecule has 0 spiro atoms. The normalized spacial score (nSPS) is 27.6. The summed E-state index contributed by atoms with van der Waals surface area (Å²) in [6.45, 7) is 2.05. The first-order valence-corrected chi connectivity index (χ1v) is 4.57. The lowest BCUT2D eigenvalue weighted by Crippen LogP contribution is -2.06. The van der Waals surface area contributed by atoms with Crippen molar-refractivity contribution in [2.45, 2.75) is 17.7 Å². The Kier molecular flexibility index (Phi) is 2.88. The third-order valence-corrected chi connectivity index (χ3v) is 2.09. The van der Waals surface area contributed by atoms with Crippen molar-refractivity contribution >= 4 is 15.9 Å². The molecule has 2 heteroatoms. The molecule has 0 bridgehead atoms. The maximum atomic E-state index is 8.52. The van der Waals surface area contributed by atoms with Crippen molar-refractivity contribution in [2.24, 2.45) is 0 Å². The standard InChI is InChI=1S/C10H10BrN/c1-10(11)6-3-2-4-9(8-10)5-7-12/h2-4,6,8H,5H2,1H3. The Balaban J connectivity index is 2.89. The molecule has 0 radical (unpaired) electrons. The predicted molar refractivity (Wildman–Crippen MR) is 53.9 cm³/mol. The van der Waals surface area contributed by atoms with Gasteiger partial charge in [-0.15, -0.1) is 0 Å². The Morgan fingerprint density at radius 3 is 3.00 bits per heavy atom. The van der Waals surface area contributed by atoms with Crippen LogP contribution in [-0.4, -0.2) is 4.32 Å². The summed E-state index contributed by atoms with van der Waals surface area (Å²) in [5.41, 5.74) is 1.06. The van der Waals surface area contributed by atoms with Crippen LogP contribution in [0, 0.1) is 11.3 Å². The first-order chi connectivity index (χ1) is 5.64. The summed E-state index contributed by atoms with van der Waals surface area (Å²) in [7, 11) is 0. The van der Waals surface area contributed by atoms with Gasteiger partial charge in [0.05, 0.1) is 16.8 Å². The van der Waals surface area contributed by atoms with Crippen LogP contribution in [0.1, 0.15) is 13.3 Å². The molecule has 1 rings (SSSR count). The fourth-order valence-electron chi connectivity index (χ4n) is 1.08. The predicted octanol–water partition coefficient (Wildman–Crippen LogP) is 3.11. The molecule has 1 aliphatic rings. The summed E-state index contributed by atoms with van der Waals surface area (Å²) in [6, 6.07) is 2.13. The highest BCUT2D eigenvalue weighted by Crippen LogP contribution is 2.25. The van der Waals surface area contributed by atoms with E-state index < -0.39 is 0 Å². The van der Waals surface area contributed by atoms with Crippen LogP contribution in [-0.2, 0) is 0 Å². The van der Waals surface area contributed by atoms with E-state index in [0.29, 0.717) is 6.42 Å². The molecule has 0 aromatic rings. The lowest BCUT2D eigenvalue weighted by atomic mass is 10.1. The SMILES string of the molecule is CC1(Br)C=CC=CC(CC#N)=C1. The van der Waals surface area contributed by atoms with Gasteiger partial charge in [-0.2, -0.15) is 5.26 Å². The Labute approximate surface area is 81.2 Å². The van der Waals surface area contributed by atoms with Crippen molar-refractivity contribution in [3.63, 3.8) is 0 Å². The van der Waals surface area contributed by atoms with Crippen LogP contribution >= 0.6 is 15.9 Å².